The first-order valence-corrected chi connectivity index (χ1v) is 10.3. The molecule has 5 nitrogen and oxygen atoms in total. The third kappa shape index (κ3) is 3.54. The Balaban J connectivity index is 1.57. The lowest BCUT2D eigenvalue weighted by atomic mass is 10.0. The summed E-state index contributed by atoms with van der Waals surface area (Å²) in [7, 11) is 0. The number of rotatable bonds is 5. The van der Waals surface area contributed by atoms with Gasteiger partial charge < -0.3 is 5.11 Å². The molecule has 2 heterocycles. The summed E-state index contributed by atoms with van der Waals surface area (Å²) >= 11 is 3.15. The van der Waals surface area contributed by atoms with E-state index in [9.17, 15) is 9.90 Å². The van der Waals surface area contributed by atoms with E-state index in [-0.39, 0.29) is 0 Å². The Labute approximate surface area is 170 Å². The van der Waals surface area contributed by atoms with Gasteiger partial charge in [-0.25, -0.2) is 9.78 Å². The normalized spacial score (nSPS) is 11.7. The van der Waals surface area contributed by atoms with Gasteiger partial charge in [-0.3, -0.25) is 5.43 Å². The van der Waals surface area contributed by atoms with E-state index in [1.165, 1.54) is 0 Å². The number of carbonyl (C=O) groups is 1. The molecule has 0 aliphatic heterocycles. The summed E-state index contributed by atoms with van der Waals surface area (Å²) in [5.74, 6) is -0.908. The molecule has 2 N–H and O–H groups in total. The number of hydrazone groups is 1. The van der Waals surface area contributed by atoms with Crippen molar-refractivity contribution in [3.8, 4) is 10.4 Å². The van der Waals surface area contributed by atoms with Crippen molar-refractivity contribution in [1.82, 2.24) is 4.98 Å². The van der Waals surface area contributed by atoms with Crippen LogP contribution in [-0.2, 0) is 0 Å². The van der Waals surface area contributed by atoms with Gasteiger partial charge >= 0.3 is 5.97 Å². The molecule has 0 atom stereocenters. The third-order valence-electron chi connectivity index (χ3n) is 4.41. The number of hydrogen-bond donors (Lipinski definition) is 2. The fraction of sp³-hybridized carbons (Fsp3) is 0.0952. The van der Waals surface area contributed by atoms with Crippen molar-refractivity contribution < 1.29 is 9.90 Å². The fourth-order valence-electron chi connectivity index (χ4n) is 2.92. The van der Waals surface area contributed by atoms with Crippen LogP contribution in [0, 0.1) is 6.92 Å². The summed E-state index contributed by atoms with van der Waals surface area (Å²) in [5.41, 5.74) is 6.88. The molecule has 4 aromatic rings. The Bertz CT molecular complexity index is 1170. The SMILES string of the molecule is CC(=NNc1nc2ccccc2s1)c1ccc(-c2cccc(C(=O)O)c2C)s1. The molecule has 0 aliphatic rings. The van der Waals surface area contributed by atoms with Gasteiger partial charge in [0.05, 0.1) is 26.4 Å². The Kier molecular flexibility index (Phi) is 4.93. The average molecular weight is 408 g/mol. The number of carboxylic acid groups (broad SMARTS) is 1. The molecule has 0 radical (unpaired) electrons. The molecule has 140 valence electrons. The van der Waals surface area contributed by atoms with Crippen molar-refractivity contribution in [2.24, 2.45) is 5.10 Å². The predicted octanol–water partition coefficient (Wildman–Crippen LogP) is 5.87. The predicted molar refractivity (Wildman–Crippen MR) is 117 cm³/mol. The molecule has 28 heavy (non-hydrogen) atoms. The molecule has 0 spiro atoms. The minimum atomic E-state index is -0.908. The van der Waals surface area contributed by atoms with Gasteiger partial charge in [-0.2, -0.15) is 5.10 Å². The average Bonchev–Trinajstić information content (AvgIpc) is 3.33. The highest BCUT2D eigenvalue weighted by Crippen LogP contribution is 2.32. The van der Waals surface area contributed by atoms with Crippen molar-refractivity contribution >= 4 is 49.7 Å². The molecular weight excluding hydrogens is 390 g/mol. The number of aromatic carboxylic acids is 1. The molecule has 2 aromatic heterocycles. The molecule has 0 aliphatic carbocycles. The number of hydrogen-bond acceptors (Lipinski definition) is 6. The molecule has 4 rings (SSSR count). The van der Waals surface area contributed by atoms with Crippen molar-refractivity contribution in [3.63, 3.8) is 0 Å². The zero-order valence-electron chi connectivity index (χ0n) is 15.3. The first-order valence-electron chi connectivity index (χ1n) is 8.62. The van der Waals surface area contributed by atoms with Crippen molar-refractivity contribution in [2.45, 2.75) is 13.8 Å². The molecule has 0 fully saturated rings. The van der Waals surface area contributed by atoms with Gasteiger partial charge in [0.25, 0.3) is 0 Å². The van der Waals surface area contributed by atoms with Gasteiger partial charge in [-0.05, 0) is 55.3 Å². The molecule has 0 saturated carbocycles. The van der Waals surface area contributed by atoms with E-state index in [1.807, 2.05) is 56.3 Å². The molecular formula is C21H17N3O2S2. The Hall–Kier alpha value is -3.03. The number of nitrogens with zero attached hydrogens (tertiary/aromatic N) is 2. The summed E-state index contributed by atoms with van der Waals surface area (Å²) in [4.78, 5) is 17.9. The van der Waals surface area contributed by atoms with Crippen molar-refractivity contribution in [2.75, 3.05) is 5.43 Å². The van der Waals surface area contributed by atoms with Crippen LogP contribution in [0.25, 0.3) is 20.7 Å². The lowest BCUT2D eigenvalue weighted by Gasteiger charge is -2.06. The van der Waals surface area contributed by atoms with Gasteiger partial charge in [0, 0.05) is 4.88 Å². The largest absolute Gasteiger partial charge is 0.478 e. The standard InChI is InChI=1S/C21H17N3O2S2/c1-12-14(6-5-7-15(12)20(25)26)18-11-10-17(27-18)13(2)23-24-21-22-16-8-3-4-9-19(16)28-21/h3-11H,1-2H3,(H,22,24)(H,25,26). The minimum Gasteiger partial charge on any atom is -0.478 e. The second-order valence-electron chi connectivity index (χ2n) is 6.24. The Morgan fingerprint density at radius 3 is 2.68 bits per heavy atom. The number of aromatic nitrogens is 1. The van der Waals surface area contributed by atoms with Crippen molar-refractivity contribution in [1.29, 1.82) is 0 Å². The molecule has 7 heteroatoms. The van der Waals surface area contributed by atoms with E-state index < -0.39 is 5.97 Å². The quantitative estimate of drug-likeness (QED) is 0.321. The van der Waals surface area contributed by atoms with Crippen LogP contribution in [0.3, 0.4) is 0 Å². The number of carboxylic acids is 1. The summed E-state index contributed by atoms with van der Waals surface area (Å²) in [6.45, 7) is 3.78. The van der Waals surface area contributed by atoms with Crippen LogP contribution in [0.4, 0.5) is 5.13 Å². The smallest absolute Gasteiger partial charge is 0.335 e. The number of para-hydroxylation sites is 1. The van der Waals surface area contributed by atoms with Gasteiger partial charge in [0.15, 0.2) is 0 Å². The Morgan fingerprint density at radius 1 is 1.07 bits per heavy atom. The van der Waals surface area contributed by atoms with E-state index in [2.05, 4.69) is 15.5 Å². The van der Waals surface area contributed by atoms with Crippen molar-refractivity contribution in [3.05, 3.63) is 70.6 Å². The zero-order chi connectivity index (χ0) is 19.7. The highest BCUT2D eigenvalue weighted by molar-refractivity contribution is 7.22. The summed E-state index contributed by atoms with van der Waals surface area (Å²) in [5, 5.41) is 14.6. The molecule has 0 unspecified atom stereocenters. The van der Waals surface area contributed by atoms with Gasteiger partial charge in [-0.15, -0.1) is 11.3 Å². The second-order valence-corrected chi connectivity index (χ2v) is 8.36. The highest BCUT2D eigenvalue weighted by atomic mass is 32.1. The lowest BCUT2D eigenvalue weighted by Crippen LogP contribution is -2.00. The first kappa shape index (κ1) is 18.3. The first-order chi connectivity index (χ1) is 13.5. The summed E-state index contributed by atoms with van der Waals surface area (Å²) in [6.07, 6.45) is 0. The van der Waals surface area contributed by atoms with Crippen LogP contribution < -0.4 is 5.43 Å². The van der Waals surface area contributed by atoms with E-state index in [0.717, 1.165) is 41.9 Å². The van der Waals surface area contributed by atoms with Crippen LogP contribution in [-0.4, -0.2) is 21.8 Å². The van der Waals surface area contributed by atoms with Crippen LogP contribution >= 0.6 is 22.7 Å². The topological polar surface area (TPSA) is 74.6 Å². The third-order valence-corrected chi connectivity index (χ3v) is 6.57. The van der Waals surface area contributed by atoms with Crippen LogP contribution in [0.1, 0.15) is 27.7 Å². The lowest BCUT2D eigenvalue weighted by molar-refractivity contribution is 0.0696. The van der Waals surface area contributed by atoms with Gasteiger partial charge in [-0.1, -0.05) is 35.6 Å². The maximum absolute atomic E-state index is 11.4. The van der Waals surface area contributed by atoms with E-state index in [1.54, 1.807) is 34.8 Å². The summed E-state index contributed by atoms with van der Waals surface area (Å²) < 4.78 is 1.12. The highest BCUT2D eigenvalue weighted by Gasteiger charge is 2.13. The molecule has 2 aromatic carbocycles. The number of benzene rings is 2. The number of anilines is 1. The number of fused-ring (bicyclic) bond motifs is 1. The Morgan fingerprint density at radius 2 is 1.89 bits per heavy atom. The van der Waals surface area contributed by atoms with Gasteiger partial charge in [0.2, 0.25) is 5.13 Å². The van der Waals surface area contributed by atoms with E-state index in [0.29, 0.717) is 5.56 Å². The fourth-order valence-corrected chi connectivity index (χ4v) is 4.76. The van der Waals surface area contributed by atoms with Gasteiger partial charge in [0.1, 0.15) is 0 Å². The van der Waals surface area contributed by atoms with Crippen LogP contribution in [0.5, 0.6) is 0 Å². The second kappa shape index (κ2) is 7.53. The minimum absolute atomic E-state index is 0.329. The van der Waals surface area contributed by atoms with Crippen LogP contribution in [0.2, 0.25) is 0 Å². The van der Waals surface area contributed by atoms with Crippen LogP contribution in [0.15, 0.2) is 59.7 Å². The van der Waals surface area contributed by atoms with E-state index in [4.69, 9.17) is 0 Å². The number of nitrogens with one attached hydrogen (secondary N) is 1. The maximum atomic E-state index is 11.4. The molecule has 0 amide bonds. The monoisotopic (exact) mass is 407 g/mol. The summed E-state index contributed by atoms with van der Waals surface area (Å²) in [6, 6.07) is 17.3. The molecule has 0 saturated heterocycles. The maximum Gasteiger partial charge on any atom is 0.335 e. The van der Waals surface area contributed by atoms with E-state index >= 15 is 0 Å². The zero-order valence-corrected chi connectivity index (χ0v) is 16.9. The number of thiophene rings is 1. The molecule has 0 bridgehead atoms. The number of thiazole rings is 1.